The summed E-state index contributed by atoms with van der Waals surface area (Å²) in [5.74, 6) is 0. The van der Waals surface area contributed by atoms with Crippen LogP contribution in [0.4, 0.5) is 0 Å². The molecule has 0 spiro atoms. The van der Waals surface area contributed by atoms with Gasteiger partial charge in [-0.15, -0.1) is 11.3 Å². The van der Waals surface area contributed by atoms with Gasteiger partial charge in [-0.05, 0) is 37.3 Å². The van der Waals surface area contributed by atoms with Gasteiger partial charge in [-0.3, -0.25) is 4.68 Å². The molecule has 2 aromatic rings. The number of nitrogens with two attached hydrogens (primary N) is 1. The Labute approximate surface area is 123 Å². The topological polar surface area (TPSA) is 43.8 Å². The molecule has 3 nitrogen and oxygen atoms in total. The van der Waals surface area contributed by atoms with Gasteiger partial charge >= 0.3 is 0 Å². The van der Waals surface area contributed by atoms with Crippen LogP contribution in [0, 0.1) is 6.92 Å². The first-order valence-electron chi connectivity index (χ1n) is 6.61. The van der Waals surface area contributed by atoms with Crippen LogP contribution in [0.1, 0.15) is 41.7 Å². The lowest BCUT2D eigenvalue weighted by Gasteiger charge is -2.11. The highest BCUT2D eigenvalue weighted by atomic mass is 35.5. The minimum atomic E-state index is -0.0575. The Morgan fingerprint density at radius 1 is 1.47 bits per heavy atom. The number of thiophene rings is 1. The molecule has 1 atom stereocenters. The molecule has 2 rings (SSSR count). The molecule has 1 unspecified atom stereocenters. The molecule has 2 aromatic heterocycles. The second kappa shape index (κ2) is 6.07. The minimum absolute atomic E-state index is 0.0575. The highest BCUT2D eigenvalue weighted by Crippen LogP contribution is 2.32. The summed E-state index contributed by atoms with van der Waals surface area (Å²) >= 11 is 7.93. The van der Waals surface area contributed by atoms with Crippen molar-refractivity contribution < 1.29 is 0 Å². The SMILES string of the molecule is CCc1cc(CC(N)c2scc(C)c2Cl)n(CC)n1. The second-order valence-electron chi connectivity index (χ2n) is 4.70. The smallest absolute Gasteiger partial charge is 0.0624 e. The van der Waals surface area contributed by atoms with Crippen molar-refractivity contribution in [3.05, 3.63) is 38.3 Å². The van der Waals surface area contributed by atoms with E-state index in [1.165, 1.54) is 5.69 Å². The Bertz CT molecular complexity index is 559. The van der Waals surface area contributed by atoms with Crippen molar-refractivity contribution >= 4 is 22.9 Å². The van der Waals surface area contributed by atoms with E-state index in [0.29, 0.717) is 0 Å². The molecule has 0 amide bonds. The van der Waals surface area contributed by atoms with E-state index in [2.05, 4.69) is 30.4 Å². The second-order valence-corrected chi connectivity index (χ2v) is 5.99. The van der Waals surface area contributed by atoms with Crippen LogP contribution in [0.15, 0.2) is 11.4 Å². The Morgan fingerprint density at radius 3 is 2.74 bits per heavy atom. The van der Waals surface area contributed by atoms with Gasteiger partial charge in [0.25, 0.3) is 0 Å². The van der Waals surface area contributed by atoms with Gasteiger partial charge in [0.1, 0.15) is 0 Å². The summed E-state index contributed by atoms with van der Waals surface area (Å²) in [5.41, 5.74) is 9.72. The van der Waals surface area contributed by atoms with Crippen LogP contribution in [-0.2, 0) is 19.4 Å². The molecule has 2 N–H and O–H groups in total. The van der Waals surface area contributed by atoms with E-state index in [1.807, 2.05) is 11.6 Å². The molecular formula is C14H20ClN3S. The quantitative estimate of drug-likeness (QED) is 0.914. The molecule has 19 heavy (non-hydrogen) atoms. The van der Waals surface area contributed by atoms with Gasteiger partial charge in [0.15, 0.2) is 0 Å². The average Bonchev–Trinajstić information content (AvgIpc) is 2.94. The van der Waals surface area contributed by atoms with E-state index in [1.54, 1.807) is 11.3 Å². The number of hydrogen-bond acceptors (Lipinski definition) is 3. The zero-order valence-electron chi connectivity index (χ0n) is 11.6. The zero-order valence-corrected chi connectivity index (χ0v) is 13.2. The van der Waals surface area contributed by atoms with Gasteiger partial charge < -0.3 is 5.73 Å². The van der Waals surface area contributed by atoms with Crippen LogP contribution >= 0.6 is 22.9 Å². The number of halogens is 1. The zero-order chi connectivity index (χ0) is 14.0. The normalized spacial score (nSPS) is 12.9. The first kappa shape index (κ1) is 14.6. The molecule has 2 heterocycles. The predicted octanol–water partition coefficient (Wildman–Crippen LogP) is 3.73. The van der Waals surface area contributed by atoms with Crippen LogP contribution in [0.25, 0.3) is 0 Å². The third-order valence-corrected chi connectivity index (χ3v) is 5.11. The Balaban J connectivity index is 2.21. The lowest BCUT2D eigenvalue weighted by Crippen LogP contribution is -2.15. The molecule has 0 aliphatic heterocycles. The summed E-state index contributed by atoms with van der Waals surface area (Å²) in [4.78, 5) is 1.07. The van der Waals surface area contributed by atoms with Gasteiger partial charge in [0.2, 0.25) is 0 Å². The van der Waals surface area contributed by atoms with Crippen LogP contribution in [0.2, 0.25) is 5.02 Å². The predicted molar refractivity (Wildman–Crippen MR) is 82.0 cm³/mol. The molecule has 0 fully saturated rings. The maximum atomic E-state index is 6.30. The summed E-state index contributed by atoms with van der Waals surface area (Å²) in [6.45, 7) is 7.11. The largest absolute Gasteiger partial charge is 0.323 e. The first-order chi connectivity index (χ1) is 9.06. The van der Waals surface area contributed by atoms with Crippen molar-refractivity contribution in [1.82, 2.24) is 9.78 Å². The van der Waals surface area contributed by atoms with E-state index in [9.17, 15) is 0 Å². The Morgan fingerprint density at radius 2 is 2.21 bits per heavy atom. The van der Waals surface area contributed by atoms with Crippen molar-refractivity contribution in [3.63, 3.8) is 0 Å². The van der Waals surface area contributed by atoms with Crippen molar-refractivity contribution in [2.75, 3.05) is 0 Å². The number of aromatic nitrogens is 2. The molecule has 0 saturated carbocycles. The average molecular weight is 298 g/mol. The summed E-state index contributed by atoms with van der Waals surface area (Å²) in [7, 11) is 0. The molecule has 0 saturated heterocycles. The monoisotopic (exact) mass is 297 g/mol. The summed E-state index contributed by atoms with van der Waals surface area (Å²) in [6, 6.07) is 2.09. The fraction of sp³-hybridized carbons (Fsp3) is 0.500. The minimum Gasteiger partial charge on any atom is -0.323 e. The van der Waals surface area contributed by atoms with Crippen molar-refractivity contribution in [2.45, 2.75) is 46.2 Å². The number of rotatable bonds is 5. The van der Waals surface area contributed by atoms with Crippen molar-refractivity contribution in [3.8, 4) is 0 Å². The van der Waals surface area contributed by atoms with Crippen LogP contribution in [-0.4, -0.2) is 9.78 Å². The number of hydrogen-bond donors (Lipinski definition) is 1. The van der Waals surface area contributed by atoms with E-state index in [0.717, 1.165) is 40.5 Å². The molecule has 0 aliphatic carbocycles. The maximum absolute atomic E-state index is 6.30. The third kappa shape index (κ3) is 3.02. The van der Waals surface area contributed by atoms with Crippen LogP contribution in [0.5, 0.6) is 0 Å². The third-order valence-electron chi connectivity index (χ3n) is 3.27. The molecule has 0 aromatic carbocycles. The molecule has 5 heteroatoms. The van der Waals surface area contributed by atoms with Crippen molar-refractivity contribution in [2.24, 2.45) is 5.73 Å². The molecule has 104 valence electrons. The maximum Gasteiger partial charge on any atom is 0.0624 e. The fourth-order valence-electron chi connectivity index (χ4n) is 2.14. The van der Waals surface area contributed by atoms with Crippen LogP contribution in [0.3, 0.4) is 0 Å². The van der Waals surface area contributed by atoms with E-state index in [-0.39, 0.29) is 6.04 Å². The number of nitrogens with zero attached hydrogens (tertiary/aromatic N) is 2. The van der Waals surface area contributed by atoms with Gasteiger partial charge in [0, 0.05) is 29.6 Å². The lowest BCUT2D eigenvalue weighted by molar-refractivity contribution is 0.588. The standard InChI is InChI=1S/C14H20ClN3S/c1-4-10-6-11(18(5-2)17-10)7-12(16)14-13(15)9(3)8-19-14/h6,8,12H,4-5,7,16H2,1-3H3. The Hall–Kier alpha value is -0.840. The van der Waals surface area contributed by atoms with E-state index in [4.69, 9.17) is 17.3 Å². The van der Waals surface area contributed by atoms with Gasteiger partial charge in [-0.2, -0.15) is 5.10 Å². The highest BCUT2D eigenvalue weighted by Gasteiger charge is 2.17. The fourth-order valence-corrected chi connectivity index (χ4v) is 3.48. The van der Waals surface area contributed by atoms with Gasteiger partial charge in [-0.25, -0.2) is 0 Å². The number of aryl methyl sites for hydroxylation is 3. The molecule has 0 bridgehead atoms. The summed E-state index contributed by atoms with van der Waals surface area (Å²) in [6.07, 6.45) is 1.73. The molecule has 0 radical (unpaired) electrons. The summed E-state index contributed by atoms with van der Waals surface area (Å²) < 4.78 is 2.03. The Kier molecular flexibility index (Phi) is 4.66. The van der Waals surface area contributed by atoms with Gasteiger partial charge in [0.05, 0.1) is 10.7 Å². The van der Waals surface area contributed by atoms with Crippen molar-refractivity contribution in [1.29, 1.82) is 0 Å². The van der Waals surface area contributed by atoms with Crippen LogP contribution < -0.4 is 5.73 Å². The highest BCUT2D eigenvalue weighted by molar-refractivity contribution is 7.10. The lowest BCUT2D eigenvalue weighted by atomic mass is 10.1. The molecule has 0 aliphatic rings. The first-order valence-corrected chi connectivity index (χ1v) is 7.87. The van der Waals surface area contributed by atoms with E-state index >= 15 is 0 Å². The van der Waals surface area contributed by atoms with Gasteiger partial charge in [-0.1, -0.05) is 18.5 Å². The van der Waals surface area contributed by atoms with E-state index < -0.39 is 0 Å². The summed E-state index contributed by atoms with van der Waals surface area (Å²) in [5, 5.41) is 7.43. The molecular weight excluding hydrogens is 278 g/mol.